The highest BCUT2D eigenvalue weighted by atomic mass is 35.5. The number of carbonyl (C=O) groups is 1. The standard InChI is InChI=1S/C20H23ClN2O4S/c1-13(15-5-6-15)23-20(24)16-7-10-18(27-2)19(11-16)28(25,26)22-12-14-3-8-17(21)9-4-14/h3-4,7-11,13,15,22H,5-6,12H2,1-2H3,(H,23,24). The minimum absolute atomic E-state index is 0.0673. The lowest BCUT2D eigenvalue weighted by Crippen LogP contribution is -2.34. The van der Waals surface area contributed by atoms with Crippen LogP contribution in [0.2, 0.25) is 5.02 Å². The topological polar surface area (TPSA) is 84.5 Å². The zero-order valence-electron chi connectivity index (χ0n) is 15.7. The van der Waals surface area contributed by atoms with E-state index in [1.807, 2.05) is 6.92 Å². The molecule has 2 N–H and O–H groups in total. The number of rotatable bonds is 8. The molecule has 1 unspecified atom stereocenters. The van der Waals surface area contributed by atoms with E-state index >= 15 is 0 Å². The van der Waals surface area contributed by atoms with Crippen molar-refractivity contribution in [3.8, 4) is 5.75 Å². The molecule has 0 saturated heterocycles. The van der Waals surface area contributed by atoms with E-state index < -0.39 is 10.0 Å². The van der Waals surface area contributed by atoms with Gasteiger partial charge in [0.1, 0.15) is 10.6 Å². The summed E-state index contributed by atoms with van der Waals surface area (Å²) in [4.78, 5) is 12.4. The number of halogens is 1. The van der Waals surface area contributed by atoms with Gasteiger partial charge in [-0.2, -0.15) is 0 Å². The molecular formula is C20H23ClN2O4S. The summed E-state index contributed by atoms with van der Waals surface area (Å²) in [5, 5.41) is 3.51. The minimum Gasteiger partial charge on any atom is -0.495 e. The predicted molar refractivity (Wildman–Crippen MR) is 108 cm³/mol. The van der Waals surface area contributed by atoms with Crippen LogP contribution in [0.4, 0.5) is 0 Å². The second-order valence-electron chi connectivity index (χ2n) is 6.92. The van der Waals surface area contributed by atoms with Gasteiger partial charge in [-0.25, -0.2) is 13.1 Å². The molecular weight excluding hydrogens is 400 g/mol. The Balaban J connectivity index is 1.79. The molecule has 1 atom stereocenters. The molecule has 150 valence electrons. The minimum atomic E-state index is -3.89. The average molecular weight is 423 g/mol. The SMILES string of the molecule is COc1ccc(C(=O)NC(C)C2CC2)cc1S(=O)(=O)NCc1ccc(Cl)cc1. The summed E-state index contributed by atoms with van der Waals surface area (Å²) >= 11 is 5.85. The number of methoxy groups -OCH3 is 1. The van der Waals surface area contributed by atoms with Crippen LogP contribution in [0.3, 0.4) is 0 Å². The summed E-state index contributed by atoms with van der Waals surface area (Å²) in [6.07, 6.45) is 2.22. The highest BCUT2D eigenvalue weighted by molar-refractivity contribution is 7.89. The van der Waals surface area contributed by atoms with E-state index in [9.17, 15) is 13.2 Å². The number of hydrogen-bond donors (Lipinski definition) is 2. The quantitative estimate of drug-likeness (QED) is 0.683. The highest BCUT2D eigenvalue weighted by Gasteiger charge is 2.29. The van der Waals surface area contributed by atoms with Gasteiger partial charge in [0.05, 0.1) is 7.11 Å². The van der Waals surface area contributed by atoms with E-state index in [1.165, 1.54) is 19.2 Å². The number of sulfonamides is 1. The Kier molecular flexibility index (Phi) is 6.27. The molecule has 1 saturated carbocycles. The van der Waals surface area contributed by atoms with Gasteiger partial charge >= 0.3 is 0 Å². The van der Waals surface area contributed by atoms with Gasteiger partial charge in [-0.15, -0.1) is 0 Å². The third-order valence-electron chi connectivity index (χ3n) is 4.78. The lowest BCUT2D eigenvalue weighted by Gasteiger charge is -2.15. The van der Waals surface area contributed by atoms with E-state index in [1.54, 1.807) is 30.3 Å². The van der Waals surface area contributed by atoms with Crippen molar-refractivity contribution in [1.29, 1.82) is 0 Å². The van der Waals surface area contributed by atoms with Gasteiger partial charge in [0.25, 0.3) is 5.91 Å². The van der Waals surface area contributed by atoms with Gasteiger partial charge in [0.2, 0.25) is 10.0 Å². The zero-order valence-corrected chi connectivity index (χ0v) is 17.3. The first-order valence-electron chi connectivity index (χ1n) is 9.03. The van der Waals surface area contributed by atoms with Gasteiger partial charge in [0.15, 0.2) is 0 Å². The summed E-state index contributed by atoms with van der Waals surface area (Å²) in [6.45, 7) is 2.06. The number of nitrogens with one attached hydrogen (secondary N) is 2. The highest BCUT2D eigenvalue weighted by Crippen LogP contribution is 2.32. The fraction of sp³-hybridized carbons (Fsp3) is 0.350. The summed E-state index contributed by atoms with van der Waals surface area (Å²) in [5.74, 6) is 0.387. The van der Waals surface area contributed by atoms with Crippen LogP contribution in [0.5, 0.6) is 5.75 Å². The molecule has 2 aromatic rings. The lowest BCUT2D eigenvalue weighted by molar-refractivity contribution is 0.0935. The van der Waals surface area contributed by atoms with Gasteiger partial charge in [-0.1, -0.05) is 23.7 Å². The summed E-state index contributed by atoms with van der Waals surface area (Å²) < 4.78 is 33.4. The molecule has 3 rings (SSSR count). The van der Waals surface area contributed by atoms with Crippen molar-refractivity contribution >= 4 is 27.5 Å². The Bertz CT molecular complexity index is 957. The van der Waals surface area contributed by atoms with Crippen molar-refractivity contribution < 1.29 is 17.9 Å². The second kappa shape index (κ2) is 8.51. The van der Waals surface area contributed by atoms with E-state index in [0.29, 0.717) is 10.9 Å². The normalized spacial score (nSPS) is 15.1. The lowest BCUT2D eigenvalue weighted by atomic mass is 10.1. The van der Waals surface area contributed by atoms with Crippen molar-refractivity contribution in [3.05, 3.63) is 58.6 Å². The number of ether oxygens (including phenoxy) is 1. The molecule has 1 amide bonds. The average Bonchev–Trinajstić information content (AvgIpc) is 3.52. The molecule has 0 heterocycles. The van der Waals surface area contributed by atoms with Gasteiger partial charge in [0, 0.05) is 23.2 Å². The van der Waals surface area contributed by atoms with Crippen LogP contribution in [0, 0.1) is 5.92 Å². The fourth-order valence-electron chi connectivity index (χ4n) is 2.89. The van der Waals surface area contributed by atoms with Crippen LogP contribution in [0.15, 0.2) is 47.4 Å². The molecule has 2 aromatic carbocycles. The first kappa shape index (κ1) is 20.6. The Morgan fingerprint density at radius 3 is 2.50 bits per heavy atom. The summed E-state index contributed by atoms with van der Waals surface area (Å²) in [7, 11) is -2.50. The molecule has 0 radical (unpaired) electrons. The molecule has 0 spiro atoms. The molecule has 28 heavy (non-hydrogen) atoms. The van der Waals surface area contributed by atoms with E-state index in [4.69, 9.17) is 16.3 Å². The van der Waals surface area contributed by atoms with E-state index in [-0.39, 0.29) is 34.7 Å². The Hall–Kier alpha value is -2.09. The van der Waals surface area contributed by atoms with Crippen LogP contribution < -0.4 is 14.8 Å². The molecule has 6 nitrogen and oxygen atoms in total. The van der Waals surface area contributed by atoms with Crippen molar-refractivity contribution in [3.63, 3.8) is 0 Å². The maximum Gasteiger partial charge on any atom is 0.251 e. The van der Waals surface area contributed by atoms with Crippen LogP contribution in [-0.4, -0.2) is 27.5 Å². The largest absolute Gasteiger partial charge is 0.495 e. The van der Waals surface area contributed by atoms with Crippen molar-refractivity contribution in [2.75, 3.05) is 7.11 Å². The summed E-state index contributed by atoms with van der Waals surface area (Å²) in [6, 6.07) is 11.3. The summed E-state index contributed by atoms with van der Waals surface area (Å²) in [5.41, 5.74) is 1.04. The van der Waals surface area contributed by atoms with Crippen LogP contribution >= 0.6 is 11.6 Å². The third kappa shape index (κ3) is 5.04. The van der Waals surface area contributed by atoms with Crippen LogP contribution in [0.1, 0.15) is 35.7 Å². The van der Waals surface area contributed by atoms with Gasteiger partial charge in [-0.3, -0.25) is 4.79 Å². The van der Waals surface area contributed by atoms with Crippen LogP contribution in [-0.2, 0) is 16.6 Å². The molecule has 0 aliphatic heterocycles. The van der Waals surface area contributed by atoms with Crippen molar-refractivity contribution in [2.24, 2.45) is 5.92 Å². The van der Waals surface area contributed by atoms with Crippen molar-refractivity contribution in [2.45, 2.75) is 37.2 Å². The molecule has 1 fully saturated rings. The Morgan fingerprint density at radius 2 is 1.89 bits per heavy atom. The monoisotopic (exact) mass is 422 g/mol. The molecule has 0 aromatic heterocycles. The third-order valence-corrected chi connectivity index (χ3v) is 6.46. The van der Waals surface area contributed by atoms with E-state index in [2.05, 4.69) is 10.0 Å². The first-order valence-corrected chi connectivity index (χ1v) is 10.9. The number of benzene rings is 2. The maximum atomic E-state index is 12.8. The number of amides is 1. The zero-order chi connectivity index (χ0) is 20.3. The van der Waals surface area contributed by atoms with E-state index in [0.717, 1.165) is 18.4 Å². The molecule has 8 heteroatoms. The smallest absolute Gasteiger partial charge is 0.251 e. The van der Waals surface area contributed by atoms with Crippen LogP contribution in [0.25, 0.3) is 0 Å². The second-order valence-corrected chi connectivity index (χ2v) is 9.09. The number of carbonyl (C=O) groups excluding carboxylic acids is 1. The molecule has 1 aliphatic rings. The molecule has 0 bridgehead atoms. The van der Waals surface area contributed by atoms with Gasteiger partial charge < -0.3 is 10.1 Å². The van der Waals surface area contributed by atoms with Gasteiger partial charge in [-0.05, 0) is 61.6 Å². The predicted octanol–water partition coefficient (Wildman–Crippen LogP) is 3.36. The first-order chi connectivity index (χ1) is 13.3. The Morgan fingerprint density at radius 1 is 1.21 bits per heavy atom. The fourth-order valence-corrected chi connectivity index (χ4v) is 4.23. The maximum absolute atomic E-state index is 12.8. The van der Waals surface area contributed by atoms with Crippen molar-refractivity contribution in [1.82, 2.24) is 10.0 Å². The Labute approximate surface area is 170 Å². The number of hydrogen-bond acceptors (Lipinski definition) is 4. The molecule has 1 aliphatic carbocycles.